The van der Waals surface area contributed by atoms with Crippen molar-refractivity contribution in [2.75, 3.05) is 6.61 Å². The van der Waals surface area contributed by atoms with Gasteiger partial charge in [-0.25, -0.2) is 9.79 Å². The van der Waals surface area contributed by atoms with Crippen molar-refractivity contribution in [3.8, 4) is 5.75 Å². The van der Waals surface area contributed by atoms with Gasteiger partial charge in [0.15, 0.2) is 4.80 Å². The summed E-state index contributed by atoms with van der Waals surface area (Å²) in [6, 6.07) is 11.0. The summed E-state index contributed by atoms with van der Waals surface area (Å²) in [7, 11) is 0. The fraction of sp³-hybridized carbons (Fsp3) is 0.370. The van der Waals surface area contributed by atoms with Gasteiger partial charge >= 0.3 is 5.97 Å². The fourth-order valence-corrected chi connectivity index (χ4v) is 5.67. The number of fused-ring (bicyclic) bond motifs is 1. The second kappa shape index (κ2) is 10.7. The largest absolute Gasteiger partial charge is 0.494 e. The molecule has 1 atom stereocenters. The quantitative estimate of drug-likeness (QED) is 0.413. The lowest BCUT2D eigenvalue weighted by Gasteiger charge is -2.24. The number of carbonyl (C=O) groups is 1. The van der Waals surface area contributed by atoms with Gasteiger partial charge in [-0.05, 0) is 68.3 Å². The maximum atomic E-state index is 13.6. The Hall–Kier alpha value is -2.97. The van der Waals surface area contributed by atoms with Crippen molar-refractivity contribution in [2.24, 2.45) is 10.9 Å². The van der Waals surface area contributed by atoms with E-state index < -0.39 is 12.0 Å². The standard InChI is InChI=1S/C27H30N2O4S2/c1-16(2)12-13-32-20-10-8-19(9-11-20)15-22-25(30)29-24(21-7-6-14-34-21)23(26(31)33-17(3)4)18(5)28-27(29)35-22/h6-11,14-17,24H,12-13H2,1-5H3/b22-15-/t24-/m1/s1. The number of hydrogen-bond donors (Lipinski definition) is 0. The van der Waals surface area contributed by atoms with Gasteiger partial charge in [-0.3, -0.25) is 9.36 Å². The normalized spacial score (nSPS) is 16.0. The third-order valence-electron chi connectivity index (χ3n) is 5.54. The molecular formula is C27H30N2O4S2. The highest BCUT2D eigenvalue weighted by Gasteiger charge is 2.34. The van der Waals surface area contributed by atoms with E-state index in [4.69, 9.17) is 9.47 Å². The summed E-state index contributed by atoms with van der Waals surface area (Å²) < 4.78 is 13.5. The molecule has 8 heteroatoms. The second-order valence-electron chi connectivity index (χ2n) is 9.15. The van der Waals surface area contributed by atoms with E-state index >= 15 is 0 Å². The van der Waals surface area contributed by atoms with E-state index in [-0.39, 0.29) is 11.7 Å². The van der Waals surface area contributed by atoms with E-state index in [9.17, 15) is 9.59 Å². The number of allylic oxidation sites excluding steroid dienone is 1. The van der Waals surface area contributed by atoms with E-state index in [1.165, 1.54) is 22.7 Å². The second-order valence-corrected chi connectivity index (χ2v) is 11.1. The Kier molecular flexibility index (Phi) is 7.72. The van der Waals surface area contributed by atoms with Crippen molar-refractivity contribution >= 4 is 34.7 Å². The molecule has 0 radical (unpaired) electrons. The Morgan fingerprint density at radius 1 is 1.17 bits per heavy atom. The van der Waals surface area contributed by atoms with E-state index in [1.54, 1.807) is 11.5 Å². The number of thiazole rings is 1. The molecule has 1 aromatic carbocycles. The van der Waals surface area contributed by atoms with Crippen LogP contribution in [0.2, 0.25) is 0 Å². The molecule has 184 valence electrons. The van der Waals surface area contributed by atoms with Crippen LogP contribution >= 0.6 is 22.7 Å². The van der Waals surface area contributed by atoms with Crippen molar-refractivity contribution in [1.29, 1.82) is 0 Å². The first-order chi connectivity index (χ1) is 16.7. The van der Waals surface area contributed by atoms with Gasteiger partial charge in [-0.2, -0.15) is 0 Å². The molecule has 0 N–H and O–H groups in total. The molecule has 3 aromatic rings. The van der Waals surface area contributed by atoms with Crippen LogP contribution in [0.3, 0.4) is 0 Å². The monoisotopic (exact) mass is 510 g/mol. The first-order valence-electron chi connectivity index (χ1n) is 11.7. The van der Waals surface area contributed by atoms with Gasteiger partial charge in [0, 0.05) is 4.88 Å². The number of rotatable bonds is 8. The molecule has 0 unspecified atom stereocenters. The Bertz CT molecular complexity index is 1390. The number of esters is 1. The van der Waals surface area contributed by atoms with Crippen LogP contribution in [-0.4, -0.2) is 23.2 Å². The molecule has 1 aliphatic rings. The number of thiophene rings is 1. The molecule has 35 heavy (non-hydrogen) atoms. The number of aromatic nitrogens is 1. The maximum Gasteiger partial charge on any atom is 0.338 e. The van der Waals surface area contributed by atoms with Gasteiger partial charge in [0.05, 0.1) is 28.5 Å². The molecule has 0 fully saturated rings. The van der Waals surface area contributed by atoms with Gasteiger partial charge < -0.3 is 9.47 Å². The molecular weight excluding hydrogens is 480 g/mol. The molecule has 3 heterocycles. The summed E-state index contributed by atoms with van der Waals surface area (Å²) in [5.41, 5.74) is 1.70. The van der Waals surface area contributed by atoms with Crippen molar-refractivity contribution in [1.82, 2.24) is 4.57 Å². The summed E-state index contributed by atoms with van der Waals surface area (Å²) in [5, 5.41) is 1.94. The third-order valence-corrected chi connectivity index (χ3v) is 7.45. The zero-order chi connectivity index (χ0) is 25.1. The molecule has 0 amide bonds. The number of nitrogens with zero attached hydrogens (tertiary/aromatic N) is 2. The predicted octanol–water partition coefficient (Wildman–Crippen LogP) is 4.67. The lowest BCUT2D eigenvalue weighted by molar-refractivity contribution is -0.143. The Morgan fingerprint density at radius 2 is 1.91 bits per heavy atom. The predicted molar refractivity (Wildman–Crippen MR) is 141 cm³/mol. The first kappa shape index (κ1) is 25.1. The van der Waals surface area contributed by atoms with Crippen molar-refractivity contribution in [2.45, 2.75) is 53.2 Å². The highest BCUT2D eigenvalue weighted by atomic mass is 32.1. The van der Waals surface area contributed by atoms with Gasteiger partial charge in [0.25, 0.3) is 5.56 Å². The molecule has 0 bridgehead atoms. The van der Waals surface area contributed by atoms with Crippen LogP contribution in [0.1, 0.15) is 57.5 Å². The topological polar surface area (TPSA) is 69.9 Å². The molecule has 6 nitrogen and oxygen atoms in total. The number of ether oxygens (including phenoxy) is 2. The molecule has 4 rings (SSSR count). The van der Waals surface area contributed by atoms with Crippen LogP contribution in [-0.2, 0) is 9.53 Å². The first-order valence-corrected chi connectivity index (χ1v) is 13.4. The number of carbonyl (C=O) groups excluding carboxylic acids is 1. The van der Waals surface area contributed by atoms with E-state index in [2.05, 4.69) is 18.8 Å². The zero-order valence-corrected chi connectivity index (χ0v) is 22.2. The SMILES string of the molecule is CC1=C(C(=O)OC(C)C)[C@@H](c2cccs2)n2c(s/c(=C\c3ccc(OCCC(C)C)cc3)c2=O)=N1. The summed E-state index contributed by atoms with van der Waals surface area (Å²) in [5.74, 6) is 0.961. The molecule has 0 spiro atoms. The smallest absolute Gasteiger partial charge is 0.338 e. The minimum atomic E-state index is -0.559. The summed E-state index contributed by atoms with van der Waals surface area (Å²) in [6.45, 7) is 10.4. The Balaban J connectivity index is 1.72. The zero-order valence-electron chi connectivity index (χ0n) is 20.6. The highest BCUT2D eigenvalue weighted by Crippen LogP contribution is 2.33. The van der Waals surface area contributed by atoms with E-state index in [0.29, 0.717) is 33.1 Å². The molecule has 0 saturated carbocycles. The lowest BCUT2D eigenvalue weighted by atomic mass is 10.0. The van der Waals surface area contributed by atoms with E-state index in [1.807, 2.05) is 61.7 Å². The van der Waals surface area contributed by atoms with Crippen molar-refractivity contribution in [3.63, 3.8) is 0 Å². The fourth-order valence-electron chi connectivity index (χ4n) is 3.80. The van der Waals surface area contributed by atoms with E-state index in [0.717, 1.165) is 22.6 Å². The average molecular weight is 511 g/mol. The van der Waals surface area contributed by atoms with Gasteiger partial charge in [0.2, 0.25) is 0 Å². The van der Waals surface area contributed by atoms with Crippen LogP contribution < -0.4 is 19.6 Å². The summed E-state index contributed by atoms with van der Waals surface area (Å²) in [4.78, 5) is 32.7. The van der Waals surface area contributed by atoms with Crippen LogP contribution in [0.15, 0.2) is 62.8 Å². The average Bonchev–Trinajstić information content (AvgIpc) is 3.42. The van der Waals surface area contributed by atoms with Crippen LogP contribution in [0.4, 0.5) is 0 Å². The minimum absolute atomic E-state index is 0.174. The summed E-state index contributed by atoms with van der Waals surface area (Å²) >= 11 is 2.83. The van der Waals surface area contributed by atoms with Crippen molar-refractivity contribution < 1.29 is 14.3 Å². The Labute approximate surface area is 212 Å². The van der Waals surface area contributed by atoms with Gasteiger partial charge in [-0.15, -0.1) is 11.3 Å². The molecule has 0 aliphatic carbocycles. The maximum absolute atomic E-state index is 13.6. The van der Waals surface area contributed by atoms with Crippen LogP contribution in [0.5, 0.6) is 5.75 Å². The molecule has 0 saturated heterocycles. The summed E-state index contributed by atoms with van der Waals surface area (Å²) in [6.07, 6.45) is 2.59. The third kappa shape index (κ3) is 5.65. The number of hydrogen-bond acceptors (Lipinski definition) is 7. The molecule has 2 aromatic heterocycles. The number of benzene rings is 1. The highest BCUT2D eigenvalue weighted by molar-refractivity contribution is 7.10. The van der Waals surface area contributed by atoms with Crippen molar-refractivity contribution in [3.05, 3.63) is 83.2 Å². The van der Waals surface area contributed by atoms with Gasteiger partial charge in [0.1, 0.15) is 11.8 Å². The Morgan fingerprint density at radius 3 is 2.54 bits per heavy atom. The van der Waals surface area contributed by atoms with Crippen LogP contribution in [0.25, 0.3) is 6.08 Å². The lowest BCUT2D eigenvalue weighted by Crippen LogP contribution is -2.39. The van der Waals surface area contributed by atoms with Gasteiger partial charge in [-0.1, -0.05) is 43.4 Å². The molecule has 1 aliphatic heterocycles. The van der Waals surface area contributed by atoms with Crippen LogP contribution in [0, 0.1) is 5.92 Å². The minimum Gasteiger partial charge on any atom is -0.494 e.